The average Bonchev–Trinajstić information content (AvgIpc) is 2.77. The van der Waals surface area contributed by atoms with Crippen LogP contribution in [0.1, 0.15) is 12.8 Å². The number of carbonyl (C=O) groups excluding carboxylic acids is 1. The largest absolute Gasteiger partial charge is 0.481 e. The third-order valence-electron chi connectivity index (χ3n) is 2.93. The molecule has 1 aliphatic rings. The number of carbonyl (C=O) groups is 2. The first-order chi connectivity index (χ1) is 8.56. The summed E-state index contributed by atoms with van der Waals surface area (Å²) in [4.78, 5) is 22.6. The minimum Gasteiger partial charge on any atom is -0.481 e. The Morgan fingerprint density at radius 1 is 1.56 bits per heavy atom. The molecule has 0 aliphatic carbocycles. The molecule has 3 unspecified atom stereocenters. The zero-order valence-electron chi connectivity index (χ0n) is 10.4. The van der Waals surface area contributed by atoms with Crippen molar-refractivity contribution in [2.24, 2.45) is 11.7 Å². The molecule has 0 aromatic carbocycles. The van der Waals surface area contributed by atoms with Gasteiger partial charge in [-0.25, -0.2) is 0 Å². The van der Waals surface area contributed by atoms with Crippen molar-refractivity contribution < 1.29 is 24.2 Å². The maximum absolute atomic E-state index is 11.7. The van der Waals surface area contributed by atoms with Gasteiger partial charge >= 0.3 is 5.97 Å². The van der Waals surface area contributed by atoms with Crippen LogP contribution in [-0.2, 0) is 19.1 Å². The second-order valence-electron chi connectivity index (χ2n) is 4.34. The summed E-state index contributed by atoms with van der Waals surface area (Å²) in [6, 6.07) is -1.14. The molecule has 0 radical (unpaired) electrons. The molecule has 4 N–H and O–H groups in total. The fourth-order valence-electron chi connectivity index (χ4n) is 1.81. The third kappa shape index (κ3) is 4.25. The topological polar surface area (TPSA) is 111 Å². The second-order valence-corrected chi connectivity index (χ2v) is 4.34. The first kappa shape index (κ1) is 14.9. The lowest BCUT2D eigenvalue weighted by Crippen LogP contribution is -2.49. The molecule has 1 rings (SSSR count). The summed E-state index contributed by atoms with van der Waals surface area (Å²) in [6.07, 6.45) is 1.19. The molecule has 7 nitrogen and oxygen atoms in total. The van der Waals surface area contributed by atoms with E-state index in [1.807, 2.05) is 0 Å². The molecule has 18 heavy (non-hydrogen) atoms. The van der Waals surface area contributed by atoms with Crippen molar-refractivity contribution in [3.05, 3.63) is 0 Å². The Hall–Kier alpha value is -1.18. The summed E-state index contributed by atoms with van der Waals surface area (Å²) in [5, 5.41) is 11.6. The van der Waals surface area contributed by atoms with E-state index in [9.17, 15) is 9.59 Å². The van der Waals surface area contributed by atoms with Gasteiger partial charge in [0.05, 0.1) is 25.3 Å². The molecular weight excluding hydrogens is 240 g/mol. The van der Waals surface area contributed by atoms with Gasteiger partial charge in [0.2, 0.25) is 5.91 Å². The van der Waals surface area contributed by atoms with Crippen molar-refractivity contribution in [1.29, 1.82) is 0 Å². The molecule has 0 aromatic rings. The summed E-state index contributed by atoms with van der Waals surface area (Å²) in [5.74, 6) is -2.00. The van der Waals surface area contributed by atoms with Crippen LogP contribution in [0.5, 0.6) is 0 Å². The lowest BCUT2D eigenvalue weighted by Gasteiger charge is -2.18. The van der Waals surface area contributed by atoms with Crippen molar-refractivity contribution in [2.75, 3.05) is 26.9 Å². The van der Waals surface area contributed by atoms with Gasteiger partial charge in [0.25, 0.3) is 0 Å². The molecule has 0 aromatic heterocycles. The van der Waals surface area contributed by atoms with Gasteiger partial charge in [0.1, 0.15) is 5.92 Å². The Bertz CT molecular complexity index is 297. The Morgan fingerprint density at radius 2 is 2.28 bits per heavy atom. The first-order valence-corrected chi connectivity index (χ1v) is 5.91. The fourth-order valence-corrected chi connectivity index (χ4v) is 1.81. The predicted molar refractivity (Wildman–Crippen MR) is 63.0 cm³/mol. The Balaban J connectivity index is 2.36. The van der Waals surface area contributed by atoms with Gasteiger partial charge in [0, 0.05) is 13.7 Å². The average molecular weight is 260 g/mol. The van der Waals surface area contributed by atoms with E-state index in [1.165, 1.54) is 0 Å². The van der Waals surface area contributed by atoms with Crippen molar-refractivity contribution in [1.82, 2.24) is 5.32 Å². The Kier molecular flexibility index (Phi) is 6.03. The number of hydrogen-bond donors (Lipinski definition) is 3. The SMILES string of the molecule is COCCCC(N)C(=O)NC1COCC1C(=O)O. The quantitative estimate of drug-likeness (QED) is 0.504. The molecule has 3 atom stereocenters. The fraction of sp³-hybridized carbons (Fsp3) is 0.818. The lowest BCUT2D eigenvalue weighted by atomic mass is 10.0. The summed E-state index contributed by atoms with van der Waals surface area (Å²) in [7, 11) is 1.58. The zero-order chi connectivity index (χ0) is 13.5. The van der Waals surface area contributed by atoms with Crippen LogP contribution < -0.4 is 11.1 Å². The maximum atomic E-state index is 11.7. The monoisotopic (exact) mass is 260 g/mol. The van der Waals surface area contributed by atoms with Crippen LogP contribution in [-0.4, -0.2) is 56.0 Å². The highest BCUT2D eigenvalue weighted by atomic mass is 16.5. The van der Waals surface area contributed by atoms with Gasteiger partial charge in [-0.15, -0.1) is 0 Å². The number of methoxy groups -OCH3 is 1. The number of rotatable bonds is 7. The summed E-state index contributed by atoms with van der Waals surface area (Å²) >= 11 is 0. The highest BCUT2D eigenvalue weighted by Crippen LogP contribution is 2.14. The van der Waals surface area contributed by atoms with E-state index < -0.39 is 24.0 Å². The predicted octanol–water partition coefficient (Wildman–Crippen LogP) is -1.04. The van der Waals surface area contributed by atoms with E-state index in [-0.39, 0.29) is 19.1 Å². The van der Waals surface area contributed by atoms with Crippen molar-refractivity contribution >= 4 is 11.9 Å². The van der Waals surface area contributed by atoms with E-state index in [4.69, 9.17) is 20.3 Å². The van der Waals surface area contributed by atoms with Crippen LogP contribution in [0.3, 0.4) is 0 Å². The van der Waals surface area contributed by atoms with Gasteiger partial charge < -0.3 is 25.6 Å². The smallest absolute Gasteiger partial charge is 0.311 e. The van der Waals surface area contributed by atoms with E-state index in [0.29, 0.717) is 19.4 Å². The number of nitrogens with two attached hydrogens (primary N) is 1. The van der Waals surface area contributed by atoms with Gasteiger partial charge in [-0.2, -0.15) is 0 Å². The number of carboxylic acids is 1. The summed E-state index contributed by atoms with van der Waals surface area (Å²) in [5.41, 5.74) is 5.70. The number of nitrogens with one attached hydrogen (secondary N) is 1. The van der Waals surface area contributed by atoms with Gasteiger partial charge in [0.15, 0.2) is 0 Å². The molecule has 1 aliphatic heterocycles. The Morgan fingerprint density at radius 3 is 2.89 bits per heavy atom. The first-order valence-electron chi connectivity index (χ1n) is 5.91. The number of hydrogen-bond acceptors (Lipinski definition) is 5. The van der Waals surface area contributed by atoms with Crippen molar-refractivity contribution in [3.63, 3.8) is 0 Å². The standard InChI is InChI=1S/C11H20N2O5/c1-17-4-2-3-8(12)10(14)13-9-6-18-5-7(9)11(15)16/h7-9H,2-6,12H2,1H3,(H,13,14)(H,15,16). The third-order valence-corrected chi connectivity index (χ3v) is 2.93. The van der Waals surface area contributed by atoms with Gasteiger partial charge in [-0.1, -0.05) is 0 Å². The van der Waals surface area contributed by atoms with Crippen LogP contribution in [0.2, 0.25) is 0 Å². The highest BCUT2D eigenvalue weighted by molar-refractivity contribution is 5.82. The second kappa shape index (κ2) is 7.30. The number of carboxylic acid groups (broad SMARTS) is 1. The van der Waals surface area contributed by atoms with Gasteiger partial charge in [-0.05, 0) is 12.8 Å². The number of ether oxygens (including phenoxy) is 2. The van der Waals surface area contributed by atoms with E-state index in [1.54, 1.807) is 7.11 Å². The van der Waals surface area contributed by atoms with Crippen LogP contribution in [0.15, 0.2) is 0 Å². The molecule has 0 saturated carbocycles. The molecule has 0 bridgehead atoms. The molecule has 0 spiro atoms. The lowest BCUT2D eigenvalue weighted by molar-refractivity contribution is -0.142. The van der Waals surface area contributed by atoms with Gasteiger partial charge in [-0.3, -0.25) is 9.59 Å². The molecule has 1 amide bonds. The van der Waals surface area contributed by atoms with Crippen LogP contribution in [0.4, 0.5) is 0 Å². The van der Waals surface area contributed by atoms with Crippen LogP contribution in [0, 0.1) is 5.92 Å². The maximum Gasteiger partial charge on any atom is 0.311 e. The highest BCUT2D eigenvalue weighted by Gasteiger charge is 2.35. The van der Waals surface area contributed by atoms with Crippen molar-refractivity contribution in [3.8, 4) is 0 Å². The number of amides is 1. The Labute approximate surface area is 106 Å². The van der Waals surface area contributed by atoms with Crippen molar-refractivity contribution in [2.45, 2.75) is 24.9 Å². The molecule has 104 valence electrons. The van der Waals surface area contributed by atoms with E-state index >= 15 is 0 Å². The minimum absolute atomic E-state index is 0.124. The number of aliphatic carboxylic acids is 1. The van der Waals surface area contributed by atoms with Crippen LogP contribution >= 0.6 is 0 Å². The van der Waals surface area contributed by atoms with Crippen LogP contribution in [0.25, 0.3) is 0 Å². The summed E-state index contributed by atoms with van der Waals surface area (Å²) in [6.45, 7) is 0.887. The normalized spacial score (nSPS) is 24.8. The minimum atomic E-state index is -0.967. The molecular formula is C11H20N2O5. The molecule has 1 fully saturated rings. The summed E-state index contributed by atoms with van der Waals surface area (Å²) < 4.78 is 9.92. The van der Waals surface area contributed by atoms with E-state index in [2.05, 4.69) is 5.32 Å². The molecule has 1 saturated heterocycles. The molecule has 7 heteroatoms. The zero-order valence-corrected chi connectivity index (χ0v) is 10.4. The molecule has 1 heterocycles. The van der Waals surface area contributed by atoms with E-state index in [0.717, 1.165) is 0 Å².